The fraction of sp³-hybridized carbons (Fsp3) is 0.923. The van der Waals surface area contributed by atoms with Crippen LogP contribution in [0.2, 0.25) is 0 Å². The van der Waals surface area contributed by atoms with Crippen molar-refractivity contribution in [1.29, 1.82) is 5.26 Å². The molecule has 0 bridgehead atoms. The summed E-state index contributed by atoms with van der Waals surface area (Å²) in [6.07, 6.45) is 3.87. The average Bonchev–Trinajstić information content (AvgIpc) is 2.29. The van der Waals surface area contributed by atoms with Crippen molar-refractivity contribution in [3.05, 3.63) is 0 Å². The number of nitriles is 1. The lowest BCUT2D eigenvalue weighted by Gasteiger charge is -2.46. The molecule has 2 aliphatic heterocycles. The number of piperidine rings is 2. The highest BCUT2D eigenvalue weighted by Crippen LogP contribution is 2.29. The Labute approximate surface area is 104 Å². The van der Waals surface area contributed by atoms with Gasteiger partial charge in [-0.1, -0.05) is 0 Å². The first kappa shape index (κ1) is 12.8. The summed E-state index contributed by atoms with van der Waals surface area (Å²) in [5, 5.41) is 8.99. The van der Waals surface area contributed by atoms with Crippen LogP contribution >= 0.6 is 0 Å². The smallest absolute Gasteiger partial charge is 0.114 e. The number of hydrogen-bond donors (Lipinski definition) is 1. The summed E-state index contributed by atoms with van der Waals surface area (Å²) in [6, 6.07) is 2.95. The third-order valence-electron chi connectivity index (χ3n) is 4.24. The van der Waals surface area contributed by atoms with Gasteiger partial charge in [-0.25, -0.2) is 0 Å². The summed E-state index contributed by atoms with van der Waals surface area (Å²) in [6.45, 7) is 5.97. The normalized spacial score (nSPS) is 34.7. The average molecular weight is 236 g/mol. The molecular weight excluding hydrogens is 212 g/mol. The second-order valence-electron chi connectivity index (χ2n) is 6.00. The molecule has 17 heavy (non-hydrogen) atoms. The van der Waals surface area contributed by atoms with Crippen LogP contribution in [-0.2, 0) is 0 Å². The van der Waals surface area contributed by atoms with Crippen LogP contribution in [0.5, 0.6) is 0 Å². The van der Waals surface area contributed by atoms with Crippen molar-refractivity contribution in [3.63, 3.8) is 0 Å². The van der Waals surface area contributed by atoms with Gasteiger partial charge in [-0.15, -0.1) is 0 Å². The first-order valence-corrected chi connectivity index (χ1v) is 6.64. The number of fused-ring (bicyclic) bond motifs is 1. The molecule has 3 unspecified atom stereocenters. The van der Waals surface area contributed by atoms with E-state index in [0.717, 1.165) is 25.0 Å². The molecule has 0 radical (unpaired) electrons. The van der Waals surface area contributed by atoms with E-state index in [9.17, 15) is 0 Å². The Bertz CT molecular complexity index is 307. The monoisotopic (exact) mass is 236 g/mol. The van der Waals surface area contributed by atoms with Gasteiger partial charge >= 0.3 is 0 Å². The Balaban J connectivity index is 1.92. The van der Waals surface area contributed by atoms with E-state index in [1.807, 2.05) is 6.92 Å². The van der Waals surface area contributed by atoms with Crippen molar-refractivity contribution >= 4 is 0 Å². The zero-order valence-corrected chi connectivity index (χ0v) is 11.0. The summed E-state index contributed by atoms with van der Waals surface area (Å²) in [7, 11) is 2.24. The molecule has 2 heterocycles. The number of nitrogens with zero attached hydrogens (tertiary/aromatic N) is 3. The number of nitrogens with two attached hydrogens (primary N) is 1. The Morgan fingerprint density at radius 1 is 1.41 bits per heavy atom. The first-order chi connectivity index (χ1) is 8.02. The number of rotatable bonds is 2. The molecule has 96 valence electrons. The van der Waals surface area contributed by atoms with E-state index in [1.165, 1.54) is 25.8 Å². The third kappa shape index (κ3) is 2.98. The van der Waals surface area contributed by atoms with Crippen LogP contribution in [0.1, 0.15) is 26.2 Å². The SMILES string of the molecule is CN1CCCC2CN(CC(C)(N)C#N)CCC21. The van der Waals surface area contributed by atoms with E-state index in [-0.39, 0.29) is 0 Å². The zero-order chi connectivity index (χ0) is 12.5. The Hall–Kier alpha value is -0.630. The highest BCUT2D eigenvalue weighted by atomic mass is 15.2. The molecule has 0 aromatic heterocycles. The molecule has 4 heteroatoms. The van der Waals surface area contributed by atoms with E-state index in [1.54, 1.807) is 0 Å². The fourth-order valence-corrected chi connectivity index (χ4v) is 3.37. The minimum Gasteiger partial charge on any atom is -0.313 e. The van der Waals surface area contributed by atoms with Gasteiger partial charge in [0.1, 0.15) is 5.54 Å². The highest BCUT2D eigenvalue weighted by molar-refractivity contribution is 5.04. The van der Waals surface area contributed by atoms with Crippen molar-refractivity contribution in [2.24, 2.45) is 11.7 Å². The number of likely N-dealkylation sites (tertiary alicyclic amines) is 2. The Kier molecular flexibility index (Phi) is 3.72. The lowest BCUT2D eigenvalue weighted by atomic mass is 9.83. The van der Waals surface area contributed by atoms with E-state index >= 15 is 0 Å². The predicted molar refractivity (Wildman–Crippen MR) is 68.4 cm³/mol. The van der Waals surface area contributed by atoms with Crippen LogP contribution in [-0.4, -0.2) is 54.6 Å². The predicted octanol–water partition coefficient (Wildman–Crippen LogP) is 0.643. The second kappa shape index (κ2) is 4.93. The maximum Gasteiger partial charge on any atom is 0.114 e. The zero-order valence-electron chi connectivity index (χ0n) is 11.0. The molecule has 0 aromatic rings. The van der Waals surface area contributed by atoms with Crippen LogP contribution in [0.3, 0.4) is 0 Å². The topological polar surface area (TPSA) is 56.3 Å². The van der Waals surface area contributed by atoms with Gasteiger partial charge in [-0.2, -0.15) is 5.26 Å². The van der Waals surface area contributed by atoms with Gasteiger partial charge in [-0.05, 0) is 52.2 Å². The van der Waals surface area contributed by atoms with Crippen molar-refractivity contribution in [2.75, 3.05) is 33.2 Å². The van der Waals surface area contributed by atoms with Gasteiger partial charge in [0.25, 0.3) is 0 Å². The summed E-state index contributed by atoms with van der Waals surface area (Å²) in [5.41, 5.74) is 5.23. The fourth-order valence-electron chi connectivity index (χ4n) is 3.37. The molecule has 0 amide bonds. The van der Waals surface area contributed by atoms with E-state index in [4.69, 9.17) is 11.0 Å². The summed E-state index contributed by atoms with van der Waals surface area (Å²) in [4.78, 5) is 4.89. The van der Waals surface area contributed by atoms with Crippen molar-refractivity contribution in [3.8, 4) is 6.07 Å². The Morgan fingerprint density at radius 2 is 2.18 bits per heavy atom. The van der Waals surface area contributed by atoms with Crippen molar-refractivity contribution in [2.45, 2.75) is 37.8 Å². The van der Waals surface area contributed by atoms with Crippen LogP contribution in [0, 0.1) is 17.2 Å². The van der Waals surface area contributed by atoms with Gasteiger partial charge in [0, 0.05) is 19.1 Å². The number of hydrogen-bond acceptors (Lipinski definition) is 4. The van der Waals surface area contributed by atoms with Crippen molar-refractivity contribution in [1.82, 2.24) is 9.80 Å². The molecule has 2 rings (SSSR count). The standard InChI is InChI=1S/C13H24N4/c1-13(15,9-14)10-17-7-5-12-11(8-17)4-3-6-16(12)2/h11-12H,3-8,10,15H2,1-2H3. The molecule has 0 aromatic carbocycles. The van der Waals surface area contributed by atoms with E-state index < -0.39 is 5.54 Å². The van der Waals surface area contributed by atoms with E-state index in [0.29, 0.717) is 6.54 Å². The van der Waals surface area contributed by atoms with Crippen LogP contribution in [0.25, 0.3) is 0 Å². The summed E-state index contributed by atoms with van der Waals surface area (Å²) < 4.78 is 0. The second-order valence-corrected chi connectivity index (χ2v) is 6.00. The lowest BCUT2D eigenvalue weighted by Crippen LogP contribution is -2.56. The van der Waals surface area contributed by atoms with Crippen LogP contribution in [0.15, 0.2) is 0 Å². The summed E-state index contributed by atoms with van der Waals surface area (Å²) in [5.74, 6) is 0.775. The molecule has 2 fully saturated rings. The van der Waals surface area contributed by atoms with Gasteiger partial charge in [0.2, 0.25) is 0 Å². The maximum atomic E-state index is 8.99. The molecule has 2 aliphatic rings. The first-order valence-electron chi connectivity index (χ1n) is 6.64. The minimum atomic E-state index is -0.701. The molecule has 2 N–H and O–H groups in total. The van der Waals surface area contributed by atoms with Crippen LogP contribution in [0.4, 0.5) is 0 Å². The van der Waals surface area contributed by atoms with Crippen LogP contribution < -0.4 is 5.73 Å². The quantitative estimate of drug-likeness (QED) is 0.764. The third-order valence-corrected chi connectivity index (χ3v) is 4.24. The molecular formula is C13H24N4. The van der Waals surface area contributed by atoms with Gasteiger partial charge in [-0.3, -0.25) is 0 Å². The van der Waals surface area contributed by atoms with Crippen molar-refractivity contribution < 1.29 is 0 Å². The molecule has 0 aliphatic carbocycles. The highest BCUT2D eigenvalue weighted by Gasteiger charge is 2.35. The van der Waals surface area contributed by atoms with Gasteiger partial charge < -0.3 is 15.5 Å². The molecule has 0 saturated carbocycles. The van der Waals surface area contributed by atoms with E-state index in [2.05, 4.69) is 22.9 Å². The summed E-state index contributed by atoms with van der Waals surface area (Å²) >= 11 is 0. The molecule has 3 atom stereocenters. The van der Waals surface area contributed by atoms with Gasteiger partial charge in [0.05, 0.1) is 6.07 Å². The lowest BCUT2D eigenvalue weighted by molar-refractivity contribution is 0.0341. The van der Waals surface area contributed by atoms with Gasteiger partial charge in [0.15, 0.2) is 0 Å². The minimum absolute atomic E-state index is 0.701. The molecule has 4 nitrogen and oxygen atoms in total. The largest absolute Gasteiger partial charge is 0.313 e. The molecule has 0 spiro atoms. The maximum absolute atomic E-state index is 8.99. The molecule has 2 saturated heterocycles. The Morgan fingerprint density at radius 3 is 2.88 bits per heavy atom.